The molecule has 0 unspecified atom stereocenters. The van der Waals surface area contributed by atoms with Crippen molar-refractivity contribution in [2.24, 2.45) is 0 Å². The van der Waals surface area contributed by atoms with Crippen molar-refractivity contribution in [2.75, 3.05) is 13.1 Å². The number of hydroxylamine groups is 2. The third-order valence-corrected chi connectivity index (χ3v) is 1.16. The number of hydrogen-bond donors (Lipinski definition) is 1. The van der Waals surface area contributed by atoms with Gasteiger partial charge in [0, 0.05) is 12.8 Å². The third kappa shape index (κ3) is 0.698. The van der Waals surface area contributed by atoms with Gasteiger partial charge in [0.15, 0.2) is 0 Å². The predicted octanol–water partition coefficient (Wildman–Crippen LogP) is -0.837. The Morgan fingerprint density at radius 3 is 1.83 bits per heavy atom. The highest BCUT2D eigenvalue weighted by atomic mass is 16.5. The Bertz CT molecular complexity index is 40.8. The molecule has 1 rings (SSSR count). The van der Waals surface area contributed by atoms with Crippen LogP contribution in [0.1, 0.15) is 12.8 Å². The standard InChI is InChI=1S/C4H9NO/c6-5-3-1-2-4-5/h5H,1-4H2. The summed E-state index contributed by atoms with van der Waals surface area (Å²) < 4.78 is 0. The van der Waals surface area contributed by atoms with Gasteiger partial charge in [-0.05, 0) is 0 Å². The first-order valence-corrected chi connectivity index (χ1v) is 2.41. The summed E-state index contributed by atoms with van der Waals surface area (Å²) in [5.41, 5.74) is 0. The van der Waals surface area contributed by atoms with E-state index in [0.717, 1.165) is 25.9 Å². The highest BCUT2D eigenvalue weighted by molar-refractivity contribution is 4.42. The normalized spacial score (nSPS) is 25.5. The second-order valence-corrected chi connectivity index (χ2v) is 1.75. The Morgan fingerprint density at radius 2 is 1.67 bits per heavy atom. The topological polar surface area (TPSA) is 27.5 Å². The average molecular weight is 87.1 g/mol. The zero-order valence-corrected chi connectivity index (χ0v) is 3.74. The lowest BCUT2D eigenvalue weighted by Gasteiger charge is -2.12. The minimum Gasteiger partial charge on any atom is -0.634 e. The molecule has 0 bridgehead atoms. The van der Waals surface area contributed by atoms with Gasteiger partial charge in [-0.25, -0.2) is 0 Å². The molecule has 1 saturated heterocycles. The fourth-order valence-electron chi connectivity index (χ4n) is 0.769. The van der Waals surface area contributed by atoms with Crippen LogP contribution in [0.3, 0.4) is 0 Å². The molecule has 1 aliphatic heterocycles. The van der Waals surface area contributed by atoms with Crippen molar-refractivity contribution in [3.05, 3.63) is 5.21 Å². The van der Waals surface area contributed by atoms with Crippen LogP contribution in [0.4, 0.5) is 0 Å². The smallest absolute Gasteiger partial charge is 0.0770 e. The van der Waals surface area contributed by atoms with Crippen LogP contribution >= 0.6 is 0 Å². The van der Waals surface area contributed by atoms with E-state index in [1.54, 1.807) is 0 Å². The largest absolute Gasteiger partial charge is 0.634 e. The van der Waals surface area contributed by atoms with E-state index in [0.29, 0.717) is 5.06 Å². The van der Waals surface area contributed by atoms with Crippen LogP contribution in [0.25, 0.3) is 0 Å². The minimum atomic E-state index is 0.454. The third-order valence-electron chi connectivity index (χ3n) is 1.16. The van der Waals surface area contributed by atoms with Crippen molar-refractivity contribution < 1.29 is 5.06 Å². The molecule has 0 aliphatic carbocycles. The molecule has 0 saturated carbocycles. The number of hydrogen-bond acceptors (Lipinski definition) is 1. The molecule has 2 heteroatoms. The second-order valence-electron chi connectivity index (χ2n) is 1.75. The summed E-state index contributed by atoms with van der Waals surface area (Å²) in [6.45, 7) is 1.69. The zero-order valence-electron chi connectivity index (χ0n) is 3.74. The molecule has 1 N–H and O–H groups in total. The van der Waals surface area contributed by atoms with Gasteiger partial charge >= 0.3 is 0 Å². The Hall–Kier alpha value is -0.0800. The Kier molecular flexibility index (Phi) is 1.08. The quantitative estimate of drug-likeness (QED) is 0.383. The van der Waals surface area contributed by atoms with E-state index in [1.165, 1.54) is 0 Å². The van der Waals surface area contributed by atoms with Crippen molar-refractivity contribution >= 4 is 0 Å². The SMILES string of the molecule is [O-][NH+]1CCCC1. The van der Waals surface area contributed by atoms with E-state index in [4.69, 9.17) is 0 Å². The molecular formula is C4H9NO. The molecule has 1 fully saturated rings. The van der Waals surface area contributed by atoms with Gasteiger partial charge in [-0.2, -0.15) is 0 Å². The van der Waals surface area contributed by atoms with Crippen molar-refractivity contribution in [1.29, 1.82) is 0 Å². The van der Waals surface area contributed by atoms with Crippen LogP contribution in [-0.4, -0.2) is 13.1 Å². The summed E-state index contributed by atoms with van der Waals surface area (Å²) in [7, 11) is 0. The molecule has 0 aromatic carbocycles. The number of quaternary nitrogens is 1. The van der Waals surface area contributed by atoms with Crippen molar-refractivity contribution in [2.45, 2.75) is 12.8 Å². The van der Waals surface area contributed by atoms with Crippen LogP contribution in [0.5, 0.6) is 0 Å². The zero-order chi connectivity index (χ0) is 4.41. The fourth-order valence-corrected chi connectivity index (χ4v) is 0.769. The molecule has 0 amide bonds. The van der Waals surface area contributed by atoms with Gasteiger partial charge in [0.05, 0.1) is 13.1 Å². The Morgan fingerprint density at radius 1 is 1.17 bits per heavy atom. The second kappa shape index (κ2) is 1.58. The molecule has 1 heterocycles. The summed E-state index contributed by atoms with van der Waals surface area (Å²) >= 11 is 0. The van der Waals surface area contributed by atoms with Gasteiger partial charge < -0.3 is 10.3 Å². The fraction of sp³-hybridized carbons (Fsp3) is 1.00. The number of rotatable bonds is 0. The summed E-state index contributed by atoms with van der Waals surface area (Å²) in [6.07, 6.45) is 2.28. The molecule has 36 valence electrons. The van der Waals surface area contributed by atoms with Gasteiger partial charge in [0.1, 0.15) is 0 Å². The number of nitrogens with one attached hydrogen (secondary N) is 1. The average Bonchev–Trinajstić information content (AvgIpc) is 1.86. The predicted molar refractivity (Wildman–Crippen MR) is 23.3 cm³/mol. The Labute approximate surface area is 37.3 Å². The summed E-state index contributed by atoms with van der Waals surface area (Å²) in [6, 6.07) is 0. The van der Waals surface area contributed by atoms with Gasteiger partial charge in [0.2, 0.25) is 0 Å². The molecule has 0 atom stereocenters. The molecule has 1 aliphatic rings. The minimum absolute atomic E-state index is 0.454. The van der Waals surface area contributed by atoms with Crippen LogP contribution in [0, 0.1) is 5.21 Å². The maximum absolute atomic E-state index is 10.2. The molecule has 6 heavy (non-hydrogen) atoms. The molecule has 0 spiro atoms. The first kappa shape index (κ1) is 4.09. The maximum Gasteiger partial charge on any atom is 0.0770 e. The lowest BCUT2D eigenvalue weighted by molar-refractivity contribution is -0.833. The van der Waals surface area contributed by atoms with E-state index in [2.05, 4.69) is 0 Å². The van der Waals surface area contributed by atoms with Crippen molar-refractivity contribution in [3.8, 4) is 0 Å². The summed E-state index contributed by atoms with van der Waals surface area (Å²) in [5.74, 6) is 0. The summed E-state index contributed by atoms with van der Waals surface area (Å²) in [5, 5.41) is 10.7. The monoisotopic (exact) mass is 87.1 g/mol. The first-order chi connectivity index (χ1) is 2.89. The van der Waals surface area contributed by atoms with Crippen LogP contribution in [-0.2, 0) is 0 Å². The molecule has 0 aromatic rings. The van der Waals surface area contributed by atoms with E-state index in [1.807, 2.05) is 0 Å². The van der Waals surface area contributed by atoms with Gasteiger partial charge in [-0.1, -0.05) is 0 Å². The van der Waals surface area contributed by atoms with E-state index >= 15 is 0 Å². The van der Waals surface area contributed by atoms with E-state index < -0.39 is 0 Å². The molecule has 2 nitrogen and oxygen atoms in total. The van der Waals surface area contributed by atoms with Gasteiger partial charge in [-0.15, -0.1) is 0 Å². The van der Waals surface area contributed by atoms with Gasteiger partial charge in [0.25, 0.3) is 0 Å². The highest BCUT2D eigenvalue weighted by Crippen LogP contribution is 1.85. The van der Waals surface area contributed by atoms with Crippen molar-refractivity contribution in [1.82, 2.24) is 0 Å². The molecule has 0 radical (unpaired) electrons. The molecule has 0 aromatic heterocycles. The lowest BCUT2D eigenvalue weighted by atomic mass is 10.4. The van der Waals surface area contributed by atoms with Crippen LogP contribution in [0.2, 0.25) is 0 Å². The van der Waals surface area contributed by atoms with Crippen LogP contribution < -0.4 is 5.06 Å². The van der Waals surface area contributed by atoms with E-state index in [-0.39, 0.29) is 0 Å². The highest BCUT2D eigenvalue weighted by Gasteiger charge is 2.03. The first-order valence-electron chi connectivity index (χ1n) is 2.41. The summed E-state index contributed by atoms with van der Waals surface area (Å²) in [4.78, 5) is 0. The molecular weight excluding hydrogens is 78.0 g/mol. The van der Waals surface area contributed by atoms with Crippen LogP contribution in [0.15, 0.2) is 0 Å². The van der Waals surface area contributed by atoms with Crippen molar-refractivity contribution in [3.63, 3.8) is 0 Å². The lowest BCUT2D eigenvalue weighted by Crippen LogP contribution is -3.04. The maximum atomic E-state index is 10.2. The Balaban J connectivity index is 2.18. The van der Waals surface area contributed by atoms with Gasteiger partial charge in [-0.3, -0.25) is 0 Å². The van der Waals surface area contributed by atoms with E-state index in [9.17, 15) is 5.21 Å².